The first-order chi connectivity index (χ1) is 16.9. The maximum atomic E-state index is 13.7. The second-order valence-electron chi connectivity index (χ2n) is 8.02. The first-order valence-corrected chi connectivity index (χ1v) is 10.9. The van der Waals surface area contributed by atoms with Crippen LogP contribution in [0.3, 0.4) is 0 Å². The molecule has 0 bridgehead atoms. The molecule has 1 aliphatic rings. The van der Waals surface area contributed by atoms with Crippen LogP contribution in [0.2, 0.25) is 5.02 Å². The molecule has 3 heterocycles. The Balaban J connectivity index is 1.47. The minimum Gasteiger partial charge on any atom is -0.394 e. The molecule has 0 radical (unpaired) electrons. The van der Waals surface area contributed by atoms with E-state index in [1.165, 1.54) is 21.8 Å². The second-order valence-corrected chi connectivity index (χ2v) is 8.45. The Bertz CT molecular complexity index is 1340. The van der Waals surface area contributed by atoms with Crippen molar-refractivity contribution in [1.82, 2.24) is 30.0 Å². The molecule has 2 aromatic heterocycles. The lowest BCUT2D eigenvalue weighted by Gasteiger charge is -2.38. The number of hydrogen-bond acceptors (Lipinski definition) is 7. The van der Waals surface area contributed by atoms with E-state index in [0.717, 1.165) is 17.7 Å². The lowest BCUT2D eigenvalue weighted by Crippen LogP contribution is -2.46. The summed E-state index contributed by atoms with van der Waals surface area (Å²) in [6, 6.07) is 7.92. The first-order valence-electron chi connectivity index (χ1n) is 10.5. The van der Waals surface area contributed by atoms with E-state index in [4.69, 9.17) is 16.3 Å². The van der Waals surface area contributed by atoms with Gasteiger partial charge in [-0.05, 0) is 24.3 Å². The van der Waals surface area contributed by atoms with Gasteiger partial charge in [0.25, 0.3) is 0 Å². The van der Waals surface area contributed by atoms with Crippen LogP contribution < -0.4 is 0 Å². The highest BCUT2D eigenvalue weighted by Crippen LogP contribution is 2.37. The van der Waals surface area contributed by atoms with Crippen LogP contribution in [0.4, 0.5) is 13.2 Å². The number of aromatic nitrogens is 6. The quantitative estimate of drug-likeness (QED) is 0.400. The zero-order chi connectivity index (χ0) is 24.7. The molecular formula is C22H18ClF3N6O3. The van der Waals surface area contributed by atoms with Crippen molar-refractivity contribution in [2.24, 2.45) is 0 Å². The average molecular weight is 507 g/mol. The van der Waals surface area contributed by atoms with E-state index in [1.54, 1.807) is 18.2 Å². The van der Waals surface area contributed by atoms with Crippen molar-refractivity contribution in [3.63, 3.8) is 0 Å². The minimum absolute atomic E-state index is 0.0241. The number of aliphatic hydroxyl groups is 2. The predicted octanol–water partition coefficient (Wildman–Crippen LogP) is 3.16. The monoisotopic (exact) mass is 506 g/mol. The molecule has 182 valence electrons. The van der Waals surface area contributed by atoms with E-state index in [9.17, 15) is 23.4 Å². The molecule has 2 N–H and O–H groups in total. The normalized spacial score (nSPS) is 22.5. The van der Waals surface area contributed by atoms with Gasteiger partial charge in [-0.1, -0.05) is 34.2 Å². The van der Waals surface area contributed by atoms with E-state index in [1.807, 2.05) is 6.07 Å². The van der Waals surface area contributed by atoms with Gasteiger partial charge in [0.2, 0.25) is 0 Å². The smallest absolute Gasteiger partial charge is 0.194 e. The van der Waals surface area contributed by atoms with Crippen molar-refractivity contribution in [1.29, 1.82) is 0 Å². The molecule has 5 rings (SSSR count). The van der Waals surface area contributed by atoms with Gasteiger partial charge in [-0.2, -0.15) is 0 Å². The van der Waals surface area contributed by atoms with Crippen LogP contribution in [-0.2, 0) is 4.74 Å². The van der Waals surface area contributed by atoms with Crippen molar-refractivity contribution >= 4 is 11.6 Å². The number of halogens is 4. The molecule has 0 amide bonds. The summed E-state index contributed by atoms with van der Waals surface area (Å²) in [5, 5.41) is 37.2. The number of aliphatic hydroxyl groups excluding tert-OH is 2. The maximum Gasteiger partial charge on any atom is 0.194 e. The number of nitrogens with zero attached hydrogens (tertiary/aromatic N) is 6. The van der Waals surface area contributed by atoms with Crippen molar-refractivity contribution in [2.45, 2.75) is 30.9 Å². The summed E-state index contributed by atoms with van der Waals surface area (Å²) >= 11 is 6.12. The Labute approximate surface area is 201 Å². The molecule has 2 aromatic carbocycles. The third-order valence-electron chi connectivity index (χ3n) is 5.83. The van der Waals surface area contributed by atoms with Crippen LogP contribution in [0.15, 0.2) is 48.8 Å². The van der Waals surface area contributed by atoms with E-state index in [-0.39, 0.29) is 17.7 Å². The van der Waals surface area contributed by atoms with Crippen LogP contribution in [0.5, 0.6) is 0 Å². The lowest BCUT2D eigenvalue weighted by molar-refractivity contribution is -0.183. The lowest BCUT2D eigenvalue weighted by atomic mass is 9.98. The van der Waals surface area contributed by atoms with Gasteiger partial charge in [-0.25, -0.2) is 22.5 Å². The Morgan fingerprint density at radius 1 is 1.09 bits per heavy atom. The molecule has 1 aliphatic heterocycles. The highest BCUT2D eigenvalue weighted by molar-refractivity contribution is 6.30. The summed E-state index contributed by atoms with van der Waals surface area (Å²) in [5.41, 5.74) is 1.38. The highest BCUT2D eigenvalue weighted by Gasteiger charge is 2.41. The fourth-order valence-electron chi connectivity index (χ4n) is 4.09. The minimum atomic E-state index is -1.59. The fraction of sp³-hybridized carbons (Fsp3) is 0.273. The molecule has 4 unspecified atom stereocenters. The fourth-order valence-corrected chi connectivity index (χ4v) is 4.28. The zero-order valence-corrected chi connectivity index (χ0v) is 18.6. The van der Waals surface area contributed by atoms with Crippen LogP contribution in [0.25, 0.3) is 22.5 Å². The zero-order valence-electron chi connectivity index (χ0n) is 17.8. The molecule has 4 atom stereocenters. The van der Waals surface area contributed by atoms with E-state index >= 15 is 0 Å². The van der Waals surface area contributed by atoms with Gasteiger partial charge >= 0.3 is 0 Å². The summed E-state index contributed by atoms with van der Waals surface area (Å²) in [6.07, 6.45) is 0.105. The van der Waals surface area contributed by atoms with E-state index in [0.29, 0.717) is 10.7 Å². The summed E-state index contributed by atoms with van der Waals surface area (Å²) < 4.78 is 49.4. The first kappa shape index (κ1) is 23.4. The van der Waals surface area contributed by atoms with Gasteiger partial charge in [0.05, 0.1) is 30.7 Å². The SMILES string of the molecule is OCC1OC(n2nncc2-c2cccc(Cl)c2)CC(n2cc(-c3cc(F)c(F)c(F)c3)nn2)C1O. The van der Waals surface area contributed by atoms with Crippen molar-refractivity contribution in [2.75, 3.05) is 6.61 Å². The average Bonchev–Trinajstić information content (AvgIpc) is 3.53. The molecule has 0 saturated carbocycles. The number of benzene rings is 2. The van der Waals surface area contributed by atoms with E-state index < -0.39 is 48.5 Å². The van der Waals surface area contributed by atoms with Gasteiger partial charge in [-0.3, -0.25) is 0 Å². The Morgan fingerprint density at radius 2 is 1.86 bits per heavy atom. The number of rotatable bonds is 5. The van der Waals surface area contributed by atoms with Crippen molar-refractivity contribution < 1.29 is 28.1 Å². The maximum absolute atomic E-state index is 13.7. The summed E-state index contributed by atoms with van der Waals surface area (Å²) in [5.74, 6) is -4.31. The van der Waals surface area contributed by atoms with E-state index in [2.05, 4.69) is 20.6 Å². The molecular weight excluding hydrogens is 489 g/mol. The molecule has 0 spiro atoms. The van der Waals surface area contributed by atoms with Gasteiger partial charge in [0.1, 0.15) is 17.9 Å². The van der Waals surface area contributed by atoms with Gasteiger partial charge < -0.3 is 14.9 Å². The molecule has 1 saturated heterocycles. The largest absolute Gasteiger partial charge is 0.394 e. The predicted molar refractivity (Wildman–Crippen MR) is 116 cm³/mol. The third kappa shape index (κ3) is 4.41. The van der Waals surface area contributed by atoms with Crippen molar-refractivity contribution in [3.05, 3.63) is 71.3 Å². The summed E-state index contributed by atoms with van der Waals surface area (Å²) in [6.45, 7) is -0.495. The van der Waals surface area contributed by atoms with Crippen molar-refractivity contribution in [3.8, 4) is 22.5 Å². The number of ether oxygens (including phenoxy) is 1. The summed E-state index contributed by atoms with van der Waals surface area (Å²) in [4.78, 5) is 0. The highest BCUT2D eigenvalue weighted by atomic mass is 35.5. The molecule has 35 heavy (non-hydrogen) atoms. The van der Waals surface area contributed by atoms with Crippen LogP contribution in [-0.4, -0.2) is 59.0 Å². The summed E-state index contributed by atoms with van der Waals surface area (Å²) in [7, 11) is 0. The second kappa shape index (κ2) is 9.38. The molecule has 0 aliphatic carbocycles. The molecule has 1 fully saturated rings. The van der Waals surface area contributed by atoms with Gasteiger partial charge in [-0.15, -0.1) is 10.2 Å². The molecule has 9 nitrogen and oxygen atoms in total. The Hall–Kier alpha value is -3.32. The Morgan fingerprint density at radius 3 is 2.57 bits per heavy atom. The topological polar surface area (TPSA) is 111 Å². The number of hydrogen-bond donors (Lipinski definition) is 2. The van der Waals surface area contributed by atoms with Crippen LogP contribution >= 0.6 is 11.6 Å². The molecule has 13 heteroatoms. The van der Waals surface area contributed by atoms with Crippen LogP contribution in [0, 0.1) is 17.5 Å². The van der Waals surface area contributed by atoms with Crippen LogP contribution in [0.1, 0.15) is 18.7 Å². The third-order valence-corrected chi connectivity index (χ3v) is 6.06. The van der Waals surface area contributed by atoms with Gasteiger partial charge in [0.15, 0.2) is 23.7 Å². The van der Waals surface area contributed by atoms with Gasteiger partial charge in [0, 0.05) is 22.6 Å². The molecule has 4 aromatic rings. The Kier molecular flexibility index (Phi) is 6.28. The standard InChI is InChI=1S/C22H18ClF3N6O3/c23-13-3-1-2-11(4-13)18-8-27-29-32(18)20-7-17(22(34)19(10-33)35-20)31-9-16(28-30-31)12-5-14(24)21(26)15(25)6-12/h1-6,8-9,17,19-20,22,33-34H,7,10H2.